The van der Waals surface area contributed by atoms with Gasteiger partial charge in [-0.2, -0.15) is 5.10 Å². The third-order valence-corrected chi connectivity index (χ3v) is 4.61. The van der Waals surface area contributed by atoms with E-state index in [-0.39, 0.29) is 0 Å². The summed E-state index contributed by atoms with van der Waals surface area (Å²) in [7, 11) is 1.99. The summed E-state index contributed by atoms with van der Waals surface area (Å²) in [5, 5.41) is 8.10. The lowest BCUT2D eigenvalue weighted by molar-refractivity contribution is 0.162. The van der Waals surface area contributed by atoms with Crippen LogP contribution in [-0.2, 0) is 13.6 Å². The number of nitrogens with one attached hydrogen (secondary N) is 1. The van der Waals surface area contributed by atoms with Gasteiger partial charge >= 0.3 is 0 Å². The Hall–Kier alpha value is -0.870. The molecule has 1 unspecified atom stereocenters. The van der Waals surface area contributed by atoms with E-state index in [0.29, 0.717) is 6.04 Å². The van der Waals surface area contributed by atoms with E-state index in [4.69, 9.17) is 0 Å². The van der Waals surface area contributed by atoms with Gasteiger partial charge in [-0.1, -0.05) is 6.92 Å². The average molecular weight is 278 g/mol. The predicted octanol–water partition coefficient (Wildman–Crippen LogP) is 2.33. The summed E-state index contributed by atoms with van der Waals surface area (Å²) in [6, 6.07) is 0.596. The highest BCUT2D eigenvalue weighted by Crippen LogP contribution is 2.21. The van der Waals surface area contributed by atoms with Gasteiger partial charge in [0.15, 0.2) is 0 Å². The minimum atomic E-state index is 0.596. The lowest BCUT2D eigenvalue weighted by atomic mass is 9.90. The Bertz CT molecular complexity index is 405. The third kappa shape index (κ3) is 4.06. The van der Waals surface area contributed by atoms with Gasteiger partial charge in [-0.15, -0.1) is 0 Å². The van der Waals surface area contributed by atoms with Crippen molar-refractivity contribution in [2.75, 3.05) is 19.6 Å². The van der Waals surface area contributed by atoms with Crippen LogP contribution in [0, 0.1) is 12.8 Å². The predicted molar refractivity (Wildman–Crippen MR) is 83.7 cm³/mol. The molecule has 0 aromatic carbocycles. The van der Waals surface area contributed by atoms with Crippen molar-refractivity contribution in [2.24, 2.45) is 13.0 Å². The van der Waals surface area contributed by atoms with Crippen molar-refractivity contribution >= 4 is 0 Å². The smallest absolute Gasteiger partial charge is 0.0638 e. The SMILES string of the molecule is CCCN1CCC(C(C)NCc2cn(C)nc2C)CC1. The highest BCUT2D eigenvalue weighted by molar-refractivity contribution is 5.14. The summed E-state index contributed by atoms with van der Waals surface area (Å²) in [5.74, 6) is 0.820. The molecule has 2 rings (SSSR count). The standard InChI is InChI=1S/C16H30N4/c1-5-8-20-9-6-15(7-10-20)13(2)17-11-16-12-19(4)18-14(16)3/h12-13,15,17H,5-11H2,1-4H3. The molecule has 0 radical (unpaired) electrons. The molecule has 1 atom stereocenters. The van der Waals surface area contributed by atoms with Crippen LogP contribution in [0.2, 0.25) is 0 Å². The normalized spacial score (nSPS) is 19.4. The number of hydrogen-bond acceptors (Lipinski definition) is 3. The van der Waals surface area contributed by atoms with Crippen LogP contribution >= 0.6 is 0 Å². The number of piperidine rings is 1. The van der Waals surface area contributed by atoms with E-state index in [0.717, 1.165) is 18.2 Å². The molecule has 1 N–H and O–H groups in total. The monoisotopic (exact) mass is 278 g/mol. The molecule has 1 aromatic rings. The minimum Gasteiger partial charge on any atom is -0.310 e. The maximum Gasteiger partial charge on any atom is 0.0638 e. The van der Waals surface area contributed by atoms with Crippen LogP contribution < -0.4 is 5.32 Å². The van der Waals surface area contributed by atoms with Crippen LogP contribution in [0.3, 0.4) is 0 Å². The van der Waals surface area contributed by atoms with E-state index in [2.05, 4.69) is 42.3 Å². The third-order valence-electron chi connectivity index (χ3n) is 4.61. The van der Waals surface area contributed by atoms with E-state index in [1.54, 1.807) is 0 Å². The first-order valence-corrected chi connectivity index (χ1v) is 8.05. The molecule has 0 amide bonds. The molecule has 4 heteroatoms. The fourth-order valence-corrected chi connectivity index (χ4v) is 3.25. The Morgan fingerprint density at radius 3 is 2.65 bits per heavy atom. The van der Waals surface area contributed by atoms with Crippen LogP contribution in [0.5, 0.6) is 0 Å². The number of likely N-dealkylation sites (tertiary alicyclic amines) is 1. The molecule has 1 aliphatic heterocycles. The molecular formula is C16H30N4. The van der Waals surface area contributed by atoms with Gasteiger partial charge in [-0.3, -0.25) is 4.68 Å². The zero-order chi connectivity index (χ0) is 14.5. The lowest BCUT2D eigenvalue weighted by Gasteiger charge is -2.35. The molecule has 114 valence electrons. The van der Waals surface area contributed by atoms with Crippen LogP contribution in [0.1, 0.15) is 44.4 Å². The maximum atomic E-state index is 4.40. The molecule has 1 saturated heterocycles. The summed E-state index contributed by atoms with van der Waals surface area (Å²) in [6.07, 6.45) is 6.07. The van der Waals surface area contributed by atoms with Crippen molar-refractivity contribution in [1.82, 2.24) is 20.0 Å². The molecule has 0 bridgehead atoms. The molecule has 20 heavy (non-hydrogen) atoms. The molecular weight excluding hydrogens is 248 g/mol. The quantitative estimate of drug-likeness (QED) is 0.867. The first-order chi connectivity index (χ1) is 9.60. The van der Waals surface area contributed by atoms with Crippen molar-refractivity contribution < 1.29 is 0 Å². The molecule has 1 aromatic heterocycles. The van der Waals surface area contributed by atoms with Crippen molar-refractivity contribution in [1.29, 1.82) is 0 Å². The Labute approximate surface area is 123 Å². The number of nitrogens with zero attached hydrogens (tertiary/aromatic N) is 3. The van der Waals surface area contributed by atoms with Crippen molar-refractivity contribution in [2.45, 2.75) is 52.6 Å². The molecule has 0 spiro atoms. The summed E-state index contributed by atoms with van der Waals surface area (Å²) in [4.78, 5) is 2.61. The maximum absolute atomic E-state index is 4.40. The van der Waals surface area contributed by atoms with Crippen molar-refractivity contribution in [3.63, 3.8) is 0 Å². The molecule has 1 fully saturated rings. The number of hydrogen-bond donors (Lipinski definition) is 1. The number of aryl methyl sites for hydroxylation is 2. The van der Waals surface area contributed by atoms with Gasteiger partial charge in [0.1, 0.15) is 0 Å². The van der Waals surface area contributed by atoms with Crippen LogP contribution in [-0.4, -0.2) is 40.4 Å². The van der Waals surface area contributed by atoms with Crippen molar-refractivity contribution in [3.8, 4) is 0 Å². The molecule has 2 heterocycles. The van der Waals surface area contributed by atoms with E-state index in [1.165, 1.54) is 44.5 Å². The van der Waals surface area contributed by atoms with Crippen molar-refractivity contribution in [3.05, 3.63) is 17.5 Å². The van der Waals surface area contributed by atoms with Gasteiger partial charge in [-0.25, -0.2) is 0 Å². The summed E-state index contributed by atoms with van der Waals surface area (Å²) >= 11 is 0. The highest BCUT2D eigenvalue weighted by atomic mass is 15.3. The zero-order valence-electron chi connectivity index (χ0n) is 13.5. The number of rotatable bonds is 6. The second-order valence-electron chi connectivity index (χ2n) is 6.26. The molecule has 1 aliphatic rings. The Balaban J connectivity index is 1.75. The Kier molecular flexibility index (Phi) is 5.61. The lowest BCUT2D eigenvalue weighted by Crippen LogP contribution is -2.42. The largest absolute Gasteiger partial charge is 0.310 e. The average Bonchev–Trinajstić information content (AvgIpc) is 2.75. The molecule has 0 saturated carbocycles. The van der Waals surface area contributed by atoms with Crippen LogP contribution in [0.15, 0.2) is 6.20 Å². The van der Waals surface area contributed by atoms with Crippen LogP contribution in [0.25, 0.3) is 0 Å². The first-order valence-electron chi connectivity index (χ1n) is 8.05. The Morgan fingerprint density at radius 2 is 2.10 bits per heavy atom. The van der Waals surface area contributed by atoms with E-state index >= 15 is 0 Å². The first kappa shape index (κ1) is 15.5. The van der Waals surface area contributed by atoms with Gasteiger partial charge in [0.2, 0.25) is 0 Å². The Morgan fingerprint density at radius 1 is 1.40 bits per heavy atom. The molecule has 0 aliphatic carbocycles. The summed E-state index contributed by atoms with van der Waals surface area (Å²) in [6.45, 7) is 11.5. The van der Waals surface area contributed by atoms with E-state index < -0.39 is 0 Å². The fourth-order valence-electron chi connectivity index (χ4n) is 3.25. The van der Waals surface area contributed by atoms with Gasteiger partial charge < -0.3 is 10.2 Å². The summed E-state index contributed by atoms with van der Waals surface area (Å²) in [5.41, 5.74) is 2.47. The number of aromatic nitrogens is 2. The topological polar surface area (TPSA) is 33.1 Å². The highest BCUT2D eigenvalue weighted by Gasteiger charge is 2.23. The minimum absolute atomic E-state index is 0.596. The second kappa shape index (κ2) is 7.23. The van der Waals surface area contributed by atoms with Gasteiger partial charge in [0.05, 0.1) is 5.69 Å². The second-order valence-corrected chi connectivity index (χ2v) is 6.26. The van der Waals surface area contributed by atoms with Crippen LogP contribution in [0.4, 0.5) is 0 Å². The van der Waals surface area contributed by atoms with Gasteiger partial charge in [-0.05, 0) is 58.7 Å². The fraction of sp³-hybridized carbons (Fsp3) is 0.812. The summed E-state index contributed by atoms with van der Waals surface area (Å²) < 4.78 is 1.90. The van der Waals surface area contributed by atoms with E-state index in [9.17, 15) is 0 Å². The van der Waals surface area contributed by atoms with E-state index in [1.807, 2.05) is 11.7 Å². The zero-order valence-corrected chi connectivity index (χ0v) is 13.5. The molecule has 4 nitrogen and oxygen atoms in total. The van der Waals surface area contributed by atoms with Gasteiger partial charge in [0, 0.05) is 31.4 Å². The van der Waals surface area contributed by atoms with Gasteiger partial charge in [0.25, 0.3) is 0 Å².